The van der Waals surface area contributed by atoms with Gasteiger partial charge in [0.1, 0.15) is 0 Å². The fourth-order valence-electron chi connectivity index (χ4n) is 0.845. The van der Waals surface area contributed by atoms with E-state index in [1.165, 1.54) is 0 Å². The zero-order valence-corrected chi connectivity index (χ0v) is 7.29. The molecule has 0 fully saturated rings. The fourth-order valence-corrected chi connectivity index (χ4v) is 1.08. The van der Waals surface area contributed by atoms with Crippen LogP contribution in [0.2, 0.25) is 5.02 Å². The quantitative estimate of drug-likeness (QED) is 0.610. The molecule has 1 aromatic carbocycles. The maximum absolute atomic E-state index is 13.1. The molecular weight excluding hydrogens is 217 g/mol. The summed E-state index contributed by atoms with van der Waals surface area (Å²) in [6.07, 6.45) is 0. The van der Waals surface area contributed by atoms with Crippen LogP contribution in [-0.2, 0) is 0 Å². The van der Waals surface area contributed by atoms with Gasteiger partial charge in [-0.05, 0) is 6.07 Å². The first-order valence-corrected chi connectivity index (χ1v) is 3.68. The van der Waals surface area contributed by atoms with Crippen molar-refractivity contribution in [2.45, 2.75) is 0 Å². The van der Waals surface area contributed by atoms with Crippen molar-refractivity contribution >= 4 is 23.3 Å². The first-order chi connectivity index (χ1) is 6.45. The van der Waals surface area contributed by atoms with Gasteiger partial charge < -0.3 is 5.11 Å². The molecule has 1 rings (SSSR count). The van der Waals surface area contributed by atoms with Crippen LogP contribution in [0.15, 0.2) is 12.1 Å². The number of benzene rings is 1. The molecule has 74 valence electrons. The summed E-state index contributed by atoms with van der Waals surface area (Å²) in [5.74, 6) is -2.83. The Balaban J connectivity index is 3.41. The second kappa shape index (κ2) is 3.59. The van der Waals surface area contributed by atoms with Crippen LogP contribution in [0.5, 0.6) is 0 Å². The maximum Gasteiger partial charge on any atom is 0.338 e. The number of nitrogens with zero attached hydrogens (tertiary/aromatic N) is 1. The summed E-state index contributed by atoms with van der Waals surface area (Å²) in [7, 11) is 0. The normalized spacial score (nSPS) is 9.86. The smallest absolute Gasteiger partial charge is 0.338 e. The van der Waals surface area contributed by atoms with Gasteiger partial charge in [-0.25, -0.2) is 9.18 Å². The lowest BCUT2D eigenvalue weighted by Gasteiger charge is -1.99. The van der Waals surface area contributed by atoms with Gasteiger partial charge in [-0.2, -0.15) is 0 Å². The van der Waals surface area contributed by atoms with Gasteiger partial charge in [0.05, 0.1) is 10.5 Å². The standard InChI is InChI=1S/C7H3ClFNO4/c8-5-4(10(13)14)2-1-3(6(5)9)7(11)12/h1-2H,(H,11,12). The summed E-state index contributed by atoms with van der Waals surface area (Å²) in [6, 6.07) is 1.64. The number of nitro benzene ring substituents is 1. The second-order valence-electron chi connectivity index (χ2n) is 2.32. The lowest BCUT2D eigenvalue weighted by Crippen LogP contribution is -2.02. The summed E-state index contributed by atoms with van der Waals surface area (Å²) in [4.78, 5) is 19.8. The van der Waals surface area contributed by atoms with Crippen LogP contribution >= 0.6 is 11.6 Å². The SMILES string of the molecule is O=C(O)c1ccc([N+](=O)[O-])c(Cl)c1F. The van der Waals surface area contributed by atoms with E-state index in [9.17, 15) is 19.3 Å². The molecule has 14 heavy (non-hydrogen) atoms. The molecule has 1 aromatic rings. The summed E-state index contributed by atoms with van der Waals surface area (Å²) < 4.78 is 13.1. The van der Waals surface area contributed by atoms with Crippen LogP contribution in [0.4, 0.5) is 10.1 Å². The number of hydrogen-bond donors (Lipinski definition) is 1. The third-order valence-corrected chi connectivity index (χ3v) is 1.85. The van der Waals surface area contributed by atoms with E-state index < -0.39 is 33.0 Å². The zero-order valence-electron chi connectivity index (χ0n) is 6.53. The molecule has 0 aliphatic rings. The third-order valence-electron chi connectivity index (χ3n) is 1.49. The highest BCUT2D eigenvalue weighted by Gasteiger charge is 2.22. The molecule has 0 atom stereocenters. The lowest BCUT2D eigenvalue weighted by atomic mass is 10.2. The minimum absolute atomic E-state index is 0.658. The first kappa shape index (κ1) is 10.4. The molecule has 0 aliphatic carbocycles. The molecule has 5 nitrogen and oxygen atoms in total. The number of rotatable bonds is 2. The van der Waals surface area contributed by atoms with Gasteiger partial charge in [0.2, 0.25) is 0 Å². The fraction of sp³-hybridized carbons (Fsp3) is 0. The van der Waals surface area contributed by atoms with Gasteiger partial charge in [-0.15, -0.1) is 0 Å². The predicted octanol–water partition coefficient (Wildman–Crippen LogP) is 2.09. The van der Waals surface area contributed by atoms with Crippen LogP contribution in [0.3, 0.4) is 0 Å². The van der Waals surface area contributed by atoms with E-state index in [1.54, 1.807) is 0 Å². The van der Waals surface area contributed by atoms with E-state index in [2.05, 4.69) is 0 Å². The van der Waals surface area contributed by atoms with E-state index in [-0.39, 0.29) is 0 Å². The molecule has 0 spiro atoms. The molecule has 0 radical (unpaired) electrons. The molecule has 0 aliphatic heterocycles. The van der Waals surface area contributed by atoms with Crippen molar-refractivity contribution in [3.05, 3.63) is 38.7 Å². The average Bonchev–Trinajstić information content (AvgIpc) is 2.08. The van der Waals surface area contributed by atoms with E-state index in [0.29, 0.717) is 0 Å². The van der Waals surface area contributed by atoms with Crippen LogP contribution in [0, 0.1) is 15.9 Å². The molecule has 0 saturated heterocycles. The van der Waals surface area contributed by atoms with Gasteiger partial charge in [0, 0.05) is 6.07 Å². The van der Waals surface area contributed by atoms with E-state index in [1.807, 2.05) is 0 Å². The Hall–Kier alpha value is -1.69. The Morgan fingerprint density at radius 2 is 2.14 bits per heavy atom. The summed E-state index contributed by atoms with van der Waals surface area (Å²) in [5, 5.41) is 17.9. The topological polar surface area (TPSA) is 80.4 Å². The molecule has 1 N–H and O–H groups in total. The van der Waals surface area contributed by atoms with E-state index >= 15 is 0 Å². The monoisotopic (exact) mass is 219 g/mol. The van der Waals surface area contributed by atoms with Crippen molar-refractivity contribution in [2.75, 3.05) is 0 Å². The number of carbonyl (C=O) groups is 1. The van der Waals surface area contributed by atoms with Crippen molar-refractivity contribution in [3.63, 3.8) is 0 Å². The Morgan fingerprint density at radius 1 is 1.57 bits per heavy atom. The van der Waals surface area contributed by atoms with Crippen LogP contribution in [-0.4, -0.2) is 16.0 Å². The molecule has 0 unspecified atom stereocenters. The number of carboxylic acid groups (broad SMARTS) is 1. The van der Waals surface area contributed by atoms with Gasteiger partial charge in [-0.3, -0.25) is 10.1 Å². The van der Waals surface area contributed by atoms with E-state index in [4.69, 9.17) is 16.7 Å². The number of carboxylic acids is 1. The lowest BCUT2D eigenvalue weighted by molar-refractivity contribution is -0.384. The third kappa shape index (κ3) is 1.64. The van der Waals surface area contributed by atoms with Crippen LogP contribution < -0.4 is 0 Å². The Morgan fingerprint density at radius 3 is 2.57 bits per heavy atom. The predicted molar refractivity (Wildman–Crippen MR) is 45.0 cm³/mol. The molecule has 0 amide bonds. The largest absolute Gasteiger partial charge is 0.478 e. The second-order valence-corrected chi connectivity index (χ2v) is 2.70. The average molecular weight is 220 g/mol. The molecule has 0 bridgehead atoms. The van der Waals surface area contributed by atoms with Crippen molar-refractivity contribution in [1.29, 1.82) is 0 Å². The van der Waals surface area contributed by atoms with Crippen LogP contribution in [0.25, 0.3) is 0 Å². The van der Waals surface area contributed by atoms with Gasteiger partial charge in [0.15, 0.2) is 10.8 Å². The van der Waals surface area contributed by atoms with Gasteiger partial charge in [-0.1, -0.05) is 11.6 Å². The Bertz CT molecular complexity index is 381. The zero-order chi connectivity index (χ0) is 10.9. The highest BCUT2D eigenvalue weighted by molar-refractivity contribution is 6.33. The summed E-state index contributed by atoms with van der Waals surface area (Å²) >= 11 is 5.26. The summed E-state index contributed by atoms with van der Waals surface area (Å²) in [6.45, 7) is 0. The molecule has 0 aromatic heterocycles. The van der Waals surface area contributed by atoms with Crippen molar-refractivity contribution in [2.24, 2.45) is 0 Å². The molecule has 0 saturated carbocycles. The molecule has 0 heterocycles. The Kier molecular flexibility index (Phi) is 2.66. The number of hydrogen-bond acceptors (Lipinski definition) is 3. The van der Waals surface area contributed by atoms with Gasteiger partial charge >= 0.3 is 5.97 Å². The minimum Gasteiger partial charge on any atom is -0.478 e. The highest BCUT2D eigenvalue weighted by atomic mass is 35.5. The Labute approximate surface area is 81.9 Å². The number of halogens is 2. The molecule has 7 heteroatoms. The maximum atomic E-state index is 13.1. The first-order valence-electron chi connectivity index (χ1n) is 3.31. The van der Waals surface area contributed by atoms with Crippen LogP contribution in [0.1, 0.15) is 10.4 Å². The number of nitro groups is 1. The highest BCUT2D eigenvalue weighted by Crippen LogP contribution is 2.28. The summed E-state index contributed by atoms with van der Waals surface area (Å²) in [5.41, 5.74) is -1.35. The van der Waals surface area contributed by atoms with E-state index in [0.717, 1.165) is 12.1 Å². The van der Waals surface area contributed by atoms with Crippen molar-refractivity contribution < 1.29 is 19.2 Å². The van der Waals surface area contributed by atoms with Gasteiger partial charge in [0.25, 0.3) is 5.69 Å². The van der Waals surface area contributed by atoms with Crippen molar-refractivity contribution in [1.82, 2.24) is 0 Å². The minimum atomic E-state index is -1.53. The molecular formula is C7H3ClFNO4. The number of aromatic carboxylic acids is 1. The van der Waals surface area contributed by atoms with Crippen molar-refractivity contribution in [3.8, 4) is 0 Å².